The predicted molar refractivity (Wildman–Crippen MR) is 113 cm³/mol. The number of aromatic nitrogens is 2. The van der Waals surface area contributed by atoms with Crippen molar-refractivity contribution < 1.29 is 18.3 Å². The second kappa shape index (κ2) is 8.89. The zero-order chi connectivity index (χ0) is 21.8. The summed E-state index contributed by atoms with van der Waals surface area (Å²) in [4.78, 5) is 20.7. The van der Waals surface area contributed by atoms with Crippen LogP contribution < -0.4 is 10.1 Å². The Bertz CT molecular complexity index is 1270. The molecule has 5 nitrogen and oxygen atoms in total. The average Bonchev–Trinajstić information content (AvgIpc) is 2.77. The SMILES string of the molecule is O=C(Nc1ccc(F)c(Cl)c1)c1cccc(Oc2cc(-c3cccc(F)c3)ncn2)c1. The summed E-state index contributed by atoms with van der Waals surface area (Å²) in [5, 5.41) is 2.56. The van der Waals surface area contributed by atoms with E-state index >= 15 is 0 Å². The minimum atomic E-state index is -0.572. The van der Waals surface area contributed by atoms with Crippen molar-refractivity contribution in [3.8, 4) is 22.9 Å². The second-order valence-electron chi connectivity index (χ2n) is 6.46. The summed E-state index contributed by atoms with van der Waals surface area (Å²) in [5.41, 5.74) is 1.75. The number of benzene rings is 3. The van der Waals surface area contributed by atoms with Crippen molar-refractivity contribution in [1.29, 1.82) is 0 Å². The molecule has 0 saturated heterocycles. The van der Waals surface area contributed by atoms with Gasteiger partial charge in [0.1, 0.15) is 23.7 Å². The fourth-order valence-electron chi connectivity index (χ4n) is 2.80. The van der Waals surface area contributed by atoms with Crippen LogP contribution in [0.5, 0.6) is 11.6 Å². The summed E-state index contributed by atoms with van der Waals surface area (Å²) in [7, 11) is 0. The lowest BCUT2D eigenvalue weighted by molar-refractivity contribution is 0.102. The second-order valence-corrected chi connectivity index (χ2v) is 6.87. The van der Waals surface area contributed by atoms with Crippen molar-refractivity contribution in [2.75, 3.05) is 5.32 Å². The third kappa shape index (κ3) is 5.02. The number of halogens is 3. The Morgan fingerprint density at radius 1 is 0.935 bits per heavy atom. The number of hydrogen-bond acceptors (Lipinski definition) is 4. The van der Waals surface area contributed by atoms with Crippen LogP contribution in [0.15, 0.2) is 79.1 Å². The monoisotopic (exact) mass is 437 g/mol. The van der Waals surface area contributed by atoms with E-state index in [-0.39, 0.29) is 16.7 Å². The quantitative estimate of drug-likeness (QED) is 0.408. The van der Waals surface area contributed by atoms with Crippen LogP contribution >= 0.6 is 11.6 Å². The summed E-state index contributed by atoms with van der Waals surface area (Å²) >= 11 is 5.75. The fourth-order valence-corrected chi connectivity index (χ4v) is 2.98. The van der Waals surface area contributed by atoms with Gasteiger partial charge in [0.05, 0.1) is 10.7 Å². The number of carbonyl (C=O) groups is 1. The minimum Gasteiger partial charge on any atom is -0.439 e. The smallest absolute Gasteiger partial charge is 0.255 e. The van der Waals surface area contributed by atoms with Crippen LogP contribution in [0.4, 0.5) is 14.5 Å². The van der Waals surface area contributed by atoms with Crippen molar-refractivity contribution in [3.63, 3.8) is 0 Å². The first-order valence-electron chi connectivity index (χ1n) is 9.10. The van der Waals surface area contributed by atoms with Crippen LogP contribution in [0.3, 0.4) is 0 Å². The van der Waals surface area contributed by atoms with Crippen LogP contribution in [0.2, 0.25) is 5.02 Å². The van der Waals surface area contributed by atoms with Gasteiger partial charge in [0.15, 0.2) is 0 Å². The molecule has 1 heterocycles. The molecular formula is C23H14ClF2N3O2. The van der Waals surface area contributed by atoms with Crippen LogP contribution in [0.25, 0.3) is 11.3 Å². The van der Waals surface area contributed by atoms with Crippen LogP contribution in [-0.4, -0.2) is 15.9 Å². The van der Waals surface area contributed by atoms with Crippen molar-refractivity contribution in [3.05, 3.63) is 101 Å². The average molecular weight is 438 g/mol. The van der Waals surface area contributed by atoms with Gasteiger partial charge in [-0.1, -0.05) is 29.8 Å². The van der Waals surface area contributed by atoms with Gasteiger partial charge >= 0.3 is 0 Å². The molecule has 4 rings (SSSR count). The van der Waals surface area contributed by atoms with Gasteiger partial charge < -0.3 is 10.1 Å². The number of amides is 1. The standard InChI is InChI=1S/C23H14ClF2N3O2/c24-19-11-17(7-8-20(19)26)29-23(30)15-4-2-6-18(10-15)31-22-12-21(27-13-28-22)14-3-1-5-16(25)9-14/h1-13H,(H,29,30). The molecule has 0 aliphatic rings. The molecule has 31 heavy (non-hydrogen) atoms. The first kappa shape index (κ1) is 20.4. The minimum absolute atomic E-state index is 0.0900. The topological polar surface area (TPSA) is 64.1 Å². The lowest BCUT2D eigenvalue weighted by Crippen LogP contribution is -2.11. The molecule has 0 radical (unpaired) electrons. The van der Waals surface area contributed by atoms with E-state index in [1.807, 2.05) is 0 Å². The number of hydrogen-bond donors (Lipinski definition) is 1. The summed E-state index contributed by atoms with van der Waals surface area (Å²) in [6.45, 7) is 0. The molecule has 1 amide bonds. The van der Waals surface area contributed by atoms with E-state index in [1.165, 1.54) is 42.7 Å². The third-order valence-electron chi connectivity index (χ3n) is 4.26. The zero-order valence-electron chi connectivity index (χ0n) is 15.9. The van der Waals surface area contributed by atoms with Crippen molar-refractivity contribution >= 4 is 23.2 Å². The summed E-state index contributed by atoms with van der Waals surface area (Å²) in [5.74, 6) is -0.765. The molecule has 0 saturated carbocycles. The highest BCUT2D eigenvalue weighted by atomic mass is 35.5. The third-order valence-corrected chi connectivity index (χ3v) is 4.55. The first-order chi connectivity index (χ1) is 15.0. The number of nitrogens with one attached hydrogen (secondary N) is 1. The molecule has 0 atom stereocenters. The molecule has 1 aromatic heterocycles. The summed E-state index contributed by atoms with van der Waals surface area (Å²) in [6, 6.07) is 17.9. The number of nitrogens with zero attached hydrogens (tertiary/aromatic N) is 2. The van der Waals surface area contributed by atoms with Crippen molar-refractivity contribution in [2.24, 2.45) is 0 Å². The van der Waals surface area contributed by atoms with Gasteiger partial charge in [0, 0.05) is 22.9 Å². The molecular weight excluding hydrogens is 424 g/mol. The maximum absolute atomic E-state index is 13.5. The van der Waals surface area contributed by atoms with E-state index in [4.69, 9.17) is 16.3 Å². The summed E-state index contributed by atoms with van der Waals surface area (Å²) in [6.07, 6.45) is 1.31. The van der Waals surface area contributed by atoms with Gasteiger partial charge in [-0.05, 0) is 48.5 Å². The predicted octanol–water partition coefficient (Wildman–Crippen LogP) is 6.12. The Labute approximate surface area is 181 Å². The Morgan fingerprint density at radius 3 is 2.58 bits per heavy atom. The van der Waals surface area contributed by atoms with Crippen molar-refractivity contribution in [1.82, 2.24) is 9.97 Å². The molecule has 0 unspecified atom stereocenters. The van der Waals surface area contributed by atoms with Gasteiger partial charge in [0.25, 0.3) is 5.91 Å². The maximum atomic E-state index is 13.5. The number of ether oxygens (including phenoxy) is 1. The normalized spacial score (nSPS) is 10.5. The number of rotatable bonds is 5. The van der Waals surface area contributed by atoms with E-state index in [0.29, 0.717) is 28.3 Å². The molecule has 154 valence electrons. The fraction of sp³-hybridized carbons (Fsp3) is 0. The molecule has 0 fully saturated rings. The Morgan fingerprint density at radius 2 is 1.77 bits per heavy atom. The Hall–Kier alpha value is -3.84. The van der Waals surface area contributed by atoms with Crippen LogP contribution in [0, 0.1) is 11.6 Å². The molecule has 4 aromatic rings. The highest BCUT2D eigenvalue weighted by molar-refractivity contribution is 6.31. The largest absolute Gasteiger partial charge is 0.439 e. The van der Waals surface area contributed by atoms with Crippen molar-refractivity contribution in [2.45, 2.75) is 0 Å². The van der Waals surface area contributed by atoms with Gasteiger partial charge in [-0.3, -0.25) is 4.79 Å². The molecule has 0 bridgehead atoms. The Balaban J connectivity index is 1.51. The van der Waals surface area contributed by atoms with E-state index in [9.17, 15) is 13.6 Å². The lowest BCUT2D eigenvalue weighted by atomic mass is 10.1. The number of anilines is 1. The molecule has 8 heteroatoms. The first-order valence-corrected chi connectivity index (χ1v) is 9.48. The van der Waals surface area contributed by atoms with Gasteiger partial charge in [0.2, 0.25) is 5.88 Å². The molecule has 1 N–H and O–H groups in total. The van der Waals surface area contributed by atoms with Crippen LogP contribution in [0.1, 0.15) is 10.4 Å². The molecule has 0 spiro atoms. The van der Waals surface area contributed by atoms with E-state index in [0.717, 1.165) is 0 Å². The lowest BCUT2D eigenvalue weighted by Gasteiger charge is -2.09. The zero-order valence-corrected chi connectivity index (χ0v) is 16.6. The van der Waals surface area contributed by atoms with Gasteiger partial charge in [-0.25, -0.2) is 18.7 Å². The highest BCUT2D eigenvalue weighted by Crippen LogP contribution is 2.25. The maximum Gasteiger partial charge on any atom is 0.255 e. The summed E-state index contributed by atoms with van der Waals surface area (Å²) < 4.78 is 32.5. The van der Waals surface area contributed by atoms with E-state index in [2.05, 4.69) is 15.3 Å². The molecule has 0 aliphatic carbocycles. The molecule has 0 aliphatic heterocycles. The Kier molecular flexibility index (Phi) is 5.86. The van der Waals surface area contributed by atoms with Gasteiger partial charge in [-0.15, -0.1) is 0 Å². The van der Waals surface area contributed by atoms with Crippen LogP contribution in [-0.2, 0) is 0 Å². The van der Waals surface area contributed by atoms with Gasteiger partial charge in [-0.2, -0.15) is 0 Å². The van der Waals surface area contributed by atoms with E-state index in [1.54, 1.807) is 36.4 Å². The van der Waals surface area contributed by atoms with E-state index < -0.39 is 11.7 Å². The molecule has 3 aromatic carbocycles. The highest BCUT2D eigenvalue weighted by Gasteiger charge is 2.10. The number of carbonyl (C=O) groups excluding carboxylic acids is 1.